The number of fused-ring (bicyclic) bond motifs is 7. The highest BCUT2D eigenvalue weighted by molar-refractivity contribution is 5.53. The van der Waals surface area contributed by atoms with Gasteiger partial charge < -0.3 is 14.6 Å². The standard InChI is InChI=1S/C38H54N2O3/c1-23(2)26-14-19-38(22-31-39-40-33(43-31)24-8-10-25(41)11-9-24)21-20-36(6)27(32(26)38)12-13-29-35(5)17-16-30(42)34(3,4)28(35)15-18-37(29,36)7/h8-11,23,27-30,41-42H,12-22H2,1-7H3. The molecule has 5 aliphatic carbocycles. The zero-order chi connectivity index (χ0) is 30.6. The molecular formula is C38H54N2O3. The number of phenols is 1. The monoisotopic (exact) mass is 586 g/mol. The second-order valence-electron chi connectivity index (χ2n) is 17.1. The van der Waals surface area contributed by atoms with E-state index in [-0.39, 0.29) is 28.1 Å². The molecule has 2 aromatic rings. The molecule has 1 aromatic heterocycles. The van der Waals surface area contributed by atoms with Gasteiger partial charge in [-0.3, -0.25) is 0 Å². The first-order valence-electron chi connectivity index (χ1n) is 17.3. The van der Waals surface area contributed by atoms with E-state index in [1.165, 1.54) is 57.8 Å². The minimum Gasteiger partial charge on any atom is -0.508 e. The lowest BCUT2D eigenvalue weighted by atomic mass is 9.33. The van der Waals surface area contributed by atoms with Crippen LogP contribution in [0.1, 0.15) is 119 Å². The smallest absolute Gasteiger partial charge is 0.247 e. The molecule has 5 heteroatoms. The molecule has 0 spiro atoms. The maximum Gasteiger partial charge on any atom is 0.247 e. The number of hydrogen-bond donors (Lipinski definition) is 2. The quantitative estimate of drug-likeness (QED) is 0.349. The van der Waals surface area contributed by atoms with Crippen molar-refractivity contribution in [2.24, 2.45) is 50.7 Å². The van der Waals surface area contributed by atoms with E-state index in [1.54, 1.807) is 23.3 Å². The van der Waals surface area contributed by atoms with Gasteiger partial charge in [0.15, 0.2) is 0 Å². The molecule has 8 unspecified atom stereocenters. The molecule has 43 heavy (non-hydrogen) atoms. The van der Waals surface area contributed by atoms with Gasteiger partial charge >= 0.3 is 0 Å². The second kappa shape index (κ2) is 9.68. The first-order valence-corrected chi connectivity index (χ1v) is 17.3. The summed E-state index contributed by atoms with van der Waals surface area (Å²) < 4.78 is 6.33. The molecule has 0 radical (unpaired) electrons. The van der Waals surface area contributed by atoms with Crippen molar-refractivity contribution in [1.29, 1.82) is 0 Å². The van der Waals surface area contributed by atoms with Crippen molar-refractivity contribution < 1.29 is 14.6 Å². The summed E-state index contributed by atoms with van der Waals surface area (Å²) in [5.41, 5.74) is 5.35. The Balaban J connectivity index is 1.24. The number of aliphatic hydroxyl groups excluding tert-OH is 1. The van der Waals surface area contributed by atoms with Crippen molar-refractivity contribution in [2.45, 2.75) is 125 Å². The summed E-state index contributed by atoms with van der Waals surface area (Å²) in [6.45, 7) is 17.5. The van der Waals surface area contributed by atoms with Crippen molar-refractivity contribution in [3.8, 4) is 17.2 Å². The average molecular weight is 587 g/mol. The number of benzene rings is 1. The Bertz CT molecular complexity index is 1420. The molecule has 5 nitrogen and oxygen atoms in total. The number of phenolic OH excluding ortho intramolecular Hbond substituents is 1. The van der Waals surface area contributed by atoms with Crippen molar-refractivity contribution in [3.05, 3.63) is 41.3 Å². The van der Waals surface area contributed by atoms with Crippen LogP contribution in [0.5, 0.6) is 5.75 Å². The predicted octanol–water partition coefficient (Wildman–Crippen LogP) is 9.15. The Morgan fingerprint density at radius 1 is 0.837 bits per heavy atom. The van der Waals surface area contributed by atoms with E-state index in [2.05, 4.69) is 58.7 Å². The fourth-order valence-electron chi connectivity index (χ4n) is 12.4. The fraction of sp³-hybridized carbons (Fsp3) is 0.737. The van der Waals surface area contributed by atoms with E-state index in [1.807, 2.05) is 12.1 Å². The van der Waals surface area contributed by atoms with Crippen LogP contribution in [-0.2, 0) is 6.42 Å². The molecule has 4 saturated carbocycles. The lowest BCUT2D eigenvalue weighted by Gasteiger charge is -2.72. The van der Waals surface area contributed by atoms with Gasteiger partial charge in [0.25, 0.3) is 0 Å². The molecular weight excluding hydrogens is 532 g/mol. The van der Waals surface area contributed by atoms with E-state index in [0.717, 1.165) is 24.3 Å². The number of nitrogens with zero attached hydrogens (tertiary/aromatic N) is 2. The second-order valence-corrected chi connectivity index (χ2v) is 17.1. The van der Waals surface area contributed by atoms with Crippen LogP contribution in [0.2, 0.25) is 0 Å². The van der Waals surface area contributed by atoms with E-state index >= 15 is 0 Å². The summed E-state index contributed by atoms with van der Waals surface area (Å²) in [5, 5.41) is 29.8. The number of allylic oxidation sites excluding steroid dienone is 2. The van der Waals surface area contributed by atoms with Gasteiger partial charge in [-0.1, -0.05) is 59.6 Å². The minimum atomic E-state index is -0.173. The Morgan fingerprint density at radius 3 is 2.30 bits per heavy atom. The van der Waals surface area contributed by atoms with Gasteiger partial charge in [-0.15, -0.1) is 10.2 Å². The summed E-state index contributed by atoms with van der Waals surface area (Å²) in [6, 6.07) is 7.04. The summed E-state index contributed by atoms with van der Waals surface area (Å²) in [5.74, 6) is 4.03. The van der Waals surface area contributed by atoms with Gasteiger partial charge in [0.1, 0.15) is 5.75 Å². The summed E-state index contributed by atoms with van der Waals surface area (Å²) in [6.07, 6.45) is 12.8. The van der Waals surface area contributed by atoms with E-state index in [4.69, 9.17) is 4.42 Å². The molecule has 8 atom stereocenters. The largest absolute Gasteiger partial charge is 0.508 e. The molecule has 1 aromatic carbocycles. The number of hydrogen-bond acceptors (Lipinski definition) is 5. The maximum atomic E-state index is 11.1. The third-order valence-electron chi connectivity index (χ3n) is 14.9. The van der Waals surface area contributed by atoms with Crippen LogP contribution in [0, 0.1) is 50.7 Å². The number of aromatic hydroxyl groups is 1. The van der Waals surface area contributed by atoms with Crippen molar-refractivity contribution in [2.75, 3.05) is 0 Å². The van der Waals surface area contributed by atoms with Gasteiger partial charge in [0.2, 0.25) is 11.8 Å². The Kier molecular flexibility index (Phi) is 6.65. The molecule has 234 valence electrons. The summed E-state index contributed by atoms with van der Waals surface area (Å²) >= 11 is 0. The van der Waals surface area contributed by atoms with Crippen LogP contribution in [0.25, 0.3) is 11.5 Å². The third-order valence-corrected chi connectivity index (χ3v) is 14.9. The van der Waals surface area contributed by atoms with Gasteiger partial charge in [-0.25, -0.2) is 0 Å². The highest BCUT2D eigenvalue weighted by Gasteiger charge is 2.69. The molecule has 5 aliphatic rings. The van der Waals surface area contributed by atoms with E-state index in [9.17, 15) is 10.2 Å². The number of aromatic nitrogens is 2. The van der Waals surface area contributed by atoms with Gasteiger partial charge in [-0.2, -0.15) is 0 Å². The van der Waals surface area contributed by atoms with Gasteiger partial charge in [0, 0.05) is 17.4 Å². The molecule has 1 heterocycles. The molecule has 0 amide bonds. The van der Waals surface area contributed by atoms with Crippen LogP contribution in [0.4, 0.5) is 0 Å². The predicted molar refractivity (Wildman–Crippen MR) is 170 cm³/mol. The SMILES string of the molecule is CC(C)C1=C2C3CCC4C5(C)CCC(O)C(C)(C)C5CCC4(C)C3(C)CCC2(Cc2nnc(-c3ccc(O)cc3)o2)CC1. The van der Waals surface area contributed by atoms with Crippen LogP contribution in [-0.4, -0.2) is 26.5 Å². The molecule has 4 fully saturated rings. The number of aliphatic hydroxyl groups is 1. The molecule has 7 rings (SSSR count). The van der Waals surface area contributed by atoms with Crippen molar-refractivity contribution >= 4 is 0 Å². The van der Waals surface area contributed by atoms with Crippen LogP contribution >= 0.6 is 0 Å². The van der Waals surface area contributed by atoms with Gasteiger partial charge in [0.05, 0.1) is 6.10 Å². The molecule has 0 aliphatic heterocycles. The van der Waals surface area contributed by atoms with E-state index < -0.39 is 0 Å². The highest BCUT2D eigenvalue weighted by atomic mass is 16.4. The fourth-order valence-corrected chi connectivity index (χ4v) is 12.4. The Hall–Kier alpha value is -2.14. The third kappa shape index (κ3) is 4.04. The van der Waals surface area contributed by atoms with Gasteiger partial charge in [-0.05, 0) is 134 Å². The van der Waals surface area contributed by atoms with Crippen LogP contribution < -0.4 is 0 Å². The Morgan fingerprint density at radius 2 is 1.58 bits per heavy atom. The van der Waals surface area contributed by atoms with E-state index in [0.29, 0.717) is 40.4 Å². The minimum absolute atomic E-state index is 0.00431. The average Bonchev–Trinajstić information content (AvgIpc) is 3.57. The zero-order valence-electron chi connectivity index (χ0n) is 27.7. The summed E-state index contributed by atoms with van der Waals surface area (Å²) in [7, 11) is 0. The molecule has 0 bridgehead atoms. The van der Waals surface area contributed by atoms with Crippen LogP contribution in [0.15, 0.2) is 39.8 Å². The Labute approximate surface area is 259 Å². The zero-order valence-corrected chi connectivity index (χ0v) is 27.7. The maximum absolute atomic E-state index is 11.1. The lowest BCUT2D eigenvalue weighted by Crippen LogP contribution is -2.65. The first-order chi connectivity index (χ1) is 20.3. The summed E-state index contributed by atoms with van der Waals surface area (Å²) in [4.78, 5) is 0. The van der Waals surface area contributed by atoms with Crippen LogP contribution in [0.3, 0.4) is 0 Å². The number of rotatable bonds is 4. The van der Waals surface area contributed by atoms with Crippen molar-refractivity contribution in [3.63, 3.8) is 0 Å². The normalized spacial score (nSPS) is 41.9. The van der Waals surface area contributed by atoms with Crippen molar-refractivity contribution in [1.82, 2.24) is 10.2 Å². The molecule has 2 N–H and O–H groups in total. The highest BCUT2D eigenvalue weighted by Crippen LogP contribution is 2.77. The topological polar surface area (TPSA) is 79.4 Å². The first kappa shape index (κ1) is 29.6. The lowest BCUT2D eigenvalue weighted by molar-refractivity contribution is -0.228. The molecule has 0 saturated heterocycles.